The van der Waals surface area contributed by atoms with Gasteiger partial charge in [0, 0.05) is 12.7 Å². The van der Waals surface area contributed by atoms with Crippen molar-refractivity contribution >= 4 is 6.29 Å². The van der Waals surface area contributed by atoms with Gasteiger partial charge >= 0.3 is 0 Å². The molecule has 0 heterocycles. The largest absolute Gasteiger partial charge is 0.493 e. The van der Waals surface area contributed by atoms with E-state index in [1.54, 1.807) is 19.2 Å². The fourth-order valence-electron chi connectivity index (χ4n) is 1.38. The number of hydrogen-bond donors (Lipinski definition) is 0. The molecule has 1 aromatic carbocycles. The van der Waals surface area contributed by atoms with Gasteiger partial charge in [-0.1, -0.05) is 0 Å². The Morgan fingerprint density at radius 3 is 2.11 bits per heavy atom. The SMILES string of the molecule is COc1cc(C=O)cc(OC)c1OCC(C)OC. The minimum atomic E-state index is -0.0508. The minimum Gasteiger partial charge on any atom is -0.493 e. The molecule has 1 atom stereocenters. The highest BCUT2D eigenvalue weighted by atomic mass is 16.6. The number of hydrogen-bond acceptors (Lipinski definition) is 5. The zero-order chi connectivity index (χ0) is 13.5. The van der Waals surface area contributed by atoms with Gasteiger partial charge in [-0.2, -0.15) is 0 Å². The van der Waals surface area contributed by atoms with Crippen molar-refractivity contribution in [1.29, 1.82) is 0 Å². The fourth-order valence-corrected chi connectivity index (χ4v) is 1.38. The number of rotatable bonds is 7. The first-order valence-electron chi connectivity index (χ1n) is 5.53. The minimum absolute atomic E-state index is 0.0508. The van der Waals surface area contributed by atoms with Crippen LogP contribution in [-0.2, 0) is 4.74 Å². The number of benzene rings is 1. The maximum Gasteiger partial charge on any atom is 0.203 e. The summed E-state index contributed by atoms with van der Waals surface area (Å²) in [6.45, 7) is 2.25. The van der Waals surface area contributed by atoms with Crippen LogP contribution < -0.4 is 14.2 Å². The van der Waals surface area contributed by atoms with Crippen molar-refractivity contribution in [2.45, 2.75) is 13.0 Å². The van der Waals surface area contributed by atoms with Crippen LogP contribution in [0.4, 0.5) is 0 Å². The standard InChI is InChI=1S/C13H18O5/c1-9(15-2)8-18-13-11(16-3)5-10(7-14)6-12(13)17-4/h5-7,9H,8H2,1-4H3. The summed E-state index contributed by atoms with van der Waals surface area (Å²) in [6, 6.07) is 3.20. The lowest BCUT2D eigenvalue weighted by atomic mass is 10.2. The monoisotopic (exact) mass is 254 g/mol. The molecule has 0 radical (unpaired) electrons. The van der Waals surface area contributed by atoms with Crippen molar-refractivity contribution in [3.05, 3.63) is 17.7 Å². The molecule has 0 aromatic heterocycles. The van der Waals surface area contributed by atoms with Crippen LogP contribution in [0.3, 0.4) is 0 Å². The van der Waals surface area contributed by atoms with E-state index in [4.69, 9.17) is 18.9 Å². The molecule has 0 saturated heterocycles. The van der Waals surface area contributed by atoms with Gasteiger partial charge in [0.15, 0.2) is 11.5 Å². The highest BCUT2D eigenvalue weighted by molar-refractivity contribution is 5.78. The summed E-state index contributed by atoms with van der Waals surface area (Å²) in [7, 11) is 4.63. The number of ether oxygens (including phenoxy) is 4. The topological polar surface area (TPSA) is 54.0 Å². The zero-order valence-corrected chi connectivity index (χ0v) is 11.1. The molecule has 0 fully saturated rings. The second kappa shape index (κ2) is 6.86. The predicted octanol–water partition coefficient (Wildman–Crippen LogP) is 1.93. The molecule has 1 rings (SSSR count). The summed E-state index contributed by atoms with van der Waals surface area (Å²) in [4.78, 5) is 10.8. The molecule has 0 saturated carbocycles. The van der Waals surface area contributed by atoms with Crippen molar-refractivity contribution in [3.63, 3.8) is 0 Å². The molecule has 0 spiro atoms. The summed E-state index contributed by atoms with van der Waals surface area (Å²) in [5.74, 6) is 1.38. The van der Waals surface area contributed by atoms with Gasteiger partial charge in [0.2, 0.25) is 5.75 Å². The Morgan fingerprint density at radius 2 is 1.72 bits per heavy atom. The van der Waals surface area contributed by atoms with Crippen molar-refractivity contribution in [2.24, 2.45) is 0 Å². The molecule has 1 aromatic rings. The third kappa shape index (κ3) is 3.37. The average Bonchev–Trinajstić information content (AvgIpc) is 2.43. The number of methoxy groups -OCH3 is 3. The number of aldehydes is 1. The molecule has 0 aliphatic heterocycles. The van der Waals surface area contributed by atoms with Gasteiger partial charge in [-0.15, -0.1) is 0 Å². The molecule has 5 heteroatoms. The van der Waals surface area contributed by atoms with E-state index in [2.05, 4.69) is 0 Å². The van der Waals surface area contributed by atoms with E-state index < -0.39 is 0 Å². The van der Waals surface area contributed by atoms with Crippen LogP contribution in [0.5, 0.6) is 17.2 Å². The predicted molar refractivity (Wildman–Crippen MR) is 66.9 cm³/mol. The third-order valence-electron chi connectivity index (χ3n) is 2.48. The van der Waals surface area contributed by atoms with Gasteiger partial charge in [-0.3, -0.25) is 4.79 Å². The molecule has 0 amide bonds. The van der Waals surface area contributed by atoms with Crippen LogP contribution in [0.25, 0.3) is 0 Å². The summed E-state index contributed by atoms with van der Waals surface area (Å²) in [6.07, 6.45) is 0.678. The average molecular weight is 254 g/mol. The van der Waals surface area contributed by atoms with E-state index >= 15 is 0 Å². The van der Waals surface area contributed by atoms with E-state index in [1.165, 1.54) is 14.2 Å². The van der Waals surface area contributed by atoms with Gasteiger partial charge in [0.1, 0.15) is 12.9 Å². The lowest BCUT2D eigenvalue weighted by Gasteiger charge is -2.17. The zero-order valence-electron chi connectivity index (χ0n) is 11.1. The maximum atomic E-state index is 10.8. The van der Waals surface area contributed by atoms with Gasteiger partial charge in [0.05, 0.1) is 20.3 Å². The number of carbonyl (C=O) groups excluding carboxylic acids is 1. The molecule has 100 valence electrons. The van der Waals surface area contributed by atoms with Crippen molar-refractivity contribution in [2.75, 3.05) is 27.9 Å². The van der Waals surface area contributed by atoms with Crippen LogP contribution in [0.1, 0.15) is 17.3 Å². The molecule has 5 nitrogen and oxygen atoms in total. The first kappa shape index (κ1) is 14.3. The van der Waals surface area contributed by atoms with E-state index in [0.717, 1.165) is 6.29 Å². The summed E-state index contributed by atoms with van der Waals surface area (Å²) < 4.78 is 21.1. The Kier molecular flexibility index (Phi) is 5.45. The Balaban J connectivity index is 3.03. The van der Waals surface area contributed by atoms with E-state index in [1.807, 2.05) is 6.92 Å². The quantitative estimate of drug-likeness (QED) is 0.696. The lowest BCUT2D eigenvalue weighted by molar-refractivity contribution is 0.0694. The number of carbonyl (C=O) groups is 1. The van der Waals surface area contributed by atoms with E-state index in [0.29, 0.717) is 29.4 Å². The summed E-state index contributed by atoms with van der Waals surface area (Å²) in [5.41, 5.74) is 0.468. The van der Waals surface area contributed by atoms with Gasteiger partial charge < -0.3 is 18.9 Å². The third-order valence-corrected chi connectivity index (χ3v) is 2.48. The van der Waals surface area contributed by atoms with Gasteiger partial charge in [-0.05, 0) is 19.1 Å². The summed E-state index contributed by atoms with van der Waals surface area (Å²) >= 11 is 0. The second-order valence-corrected chi connectivity index (χ2v) is 3.73. The van der Waals surface area contributed by atoms with Crippen molar-refractivity contribution < 1.29 is 23.7 Å². The molecule has 0 aliphatic carbocycles. The van der Waals surface area contributed by atoms with E-state index in [-0.39, 0.29) is 6.10 Å². The van der Waals surface area contributed by atoms with Crippen molar-refractivity contribution in [3.8, 4) is 17.2 Å². The molecule has 0 aliphatic rings. The maximum absolute atomic E-state index is 10.8. The molecular formula is C13H18O5. The molecule has 18 heavy (non-hydrogen) atoms. The Hall–Kier alpha value is -1.75. The smallest absolute Gasteiger partial charge is 0.203 e. The lowest BCUT2D eigenvalue weighted by Crippen LogP contribution is -2.16. The molecule has 0 N–H and O–H groups in total. The van der Waals surface area contributed by atoms with Gasteiger partial charge in [0.25, 0.3) is 0 Å². The van der Waals surface area contributed by atoms with Crippen molar-refractivity contribution in [1.82, 2.24) is 0 Å². The van der Waals surface area contributed by atoms with Crippen LogP contribution >= 0.6 is 0 Å². The first-order valence-corrected chi connectivity index (χ1v) is 5.53. The van der Waals surface area contributed by atoms with Gasteiger partial charge in [-0.25, -0.2) is 0 Å². The fraction of sp³-hybridized carbons (Fsp3) is 0.462. The molecule has 1 unspecified atom stereocenters. The Labute approximate surface area is 107 Å². The summed E-state index contributed by atoms with van der Waals surface area (Å²) in [5, 5.41) is 0. The van der Waals surface area contributed by atoms with Crippen LogP contribution in [-0.4, -0.2) is 40.3 Å². The highest BCUT2D eigenvalue weighted by Gasteiger charge is 2.15. The van der Waals surface area contributed by atoms with E-state index in [9.17, 15) is 4.79 Å². The highest BCUT2D eigenvalue weighted by Crippen LogP contribution is 2.38. The Bertz CT molecular complexity index is 377. The molecular weight excluding hydrogens is 236 g/mol. The first-order chi connectivity index (χ1) is 8.65. The Morgan fingerprint density at radius 1 is 1.17 bits per heavy atom. The second-order valence-electron chi connectivity index (χ2n) is 3.73. The van der Waals surface area contributed by atoms with Crippen LogP contribution in [0, 0.1) is 0 Å². The molecule has 0 bridgehead atoms. The van der Waals surface area contributed by atoms with Crippen LogP contribution in [0.2, 0.25) is 0 Å². The van der Waals surface area contributed by atoms with Crippen LogP contribution in [0.15, 0.2) is 12.1 Å². The normalized spacial score (nSPS) is 11.8.